The van der Waals surface area contributed by atoms with Crippen LogP contribution in [0.1, 0.15) is 0 Å². The average Bonchev–Trinajstić information content (AvgIpc) is 2.65. The van der Waals surface area contributed by atoms with E-state index in [-0.39, 0.29) is 6.79 Å². The van der Waals surface area contributed by atoms with Gasteiger partial charge in [0.1, 0.15) is 0 Å². The highest BCUT2D eigenvalue weighted by Gasteiger charge is 2.25. The molecule has 0 saturated heterocycles. The highest BCUT2D eigenvalue weighted by molar-refractivity contribution is 14.1. The summed E-state index contributed by atoms with van der Waals surface area (Å²) in [5, 5.41) is 0. The van der Waals surface area contributed by atoms with E-state index in [4.69, 9.17) is 18.9 Å². The number of methoxy groups -OCH3 is 2. The van der Waals surface area contributed by atoms with E-state index in [9.17, 15) is 0 Å². The standard InChI is InChI=1S/C9H9IO4/c1-11-6-3-5(10)7(12-2)9-8(6)13-4-14-9/h3H,4H2,1-2H3. The smallest absolute Gasteiger partial charge is 0.231 e. The molecule has 0 atom stereocenters. The van der Waals surface area contributed by atoms with Crippen molar-refractivity contribution in [2.24, 2.45) is 0 Å². The Kier molecular flexibility index (Phi) is 2.58. The third-order valence-electron chi connectivity index (χ3n) is 1.94. The molecule has 1 aliphatic heterocycles. The number of hydrogen-bond donors (Lipinski definition) is 0. The molecular formula is C9H9IO4. The van der Waals surface area contributed by atoms with Crippen LogP contribution in [0.5, 0.6) is 23.0 Å². The number of halogens is 1. The first-order chi connectivity index (χ1) is 6.77. The van der Waals surface area contributed by atoms with Crippen LogP contribution in [0.15, 0.2) is 6.07 Å². The fourth-order valence-electron chi connectivity index (χ4n) is 1.33. The Morgan fingerprint density at radius 1 is 1.21 bits per heavy atom. The largest absolute Gasteiger partial charge is 0.493 e. The number of benzene rings is 1. The van der Waals surface area contributed by atoms with E-state index < -0.39 is 0 Å². The lowest BCUT2D eigenvalue weighted by Crippen LogP contribution is -1.94. The van der Waals surface area contributed by atoms with Gasteiger partial charge in [0, 0.05) is 6.07 Å². The maximum absolute atomic E-state index is 5.31. The molecule has 76 valence electrons. The monoisotopic (exact) mass is 308 g/mol. The van der Waals surface area contributed by atoms with Crippen LogP contribution in [-0.4, -0.2) is 21.0 Å². The highest BCUT2D eigenvalue weighted by Crippen LogP contribution is 2.49. The van der Waals surface area contributed by atoms with Gasteiger partial charge in [-0.1, -0.05) is 0 Å². The quantitative estimate of drug-likeness (QED) is 0.784. The molecule has 0 saturated carbocycles. The van der Waals surface area contributed by atoms with Gasteiger partial charge in [-0.3, -0.25) is 0 Å². The Balaban J connectivity index is 2.61. The van der Waals surface area contributed by atoms with Crippen LogP contribution < -0.4 is 18.9 Å². The van der Waals surface area contributed by atoms with Gasteiger partial charge in [0.05, 0.1) is 17.8 Å². The van der Waals surface area contributed by atoms with Crippen molar-refractivity contribution in [2.75, 3.05) is 21.0 Å². The minimum absolute atomic E-state index is 0.210. The minimum atomic E-state index is 0.210. The first-order valence-electron chi connectivity index (χ1n) is 3.98. The van der Waals surface area contributed by atoms with Crippen LogP contribution in [0.3, 0.4) is 0 Å². The highest BCUT2D eigenvalue weighted by atomic mass is 127. The molecule has 0 fully saturated rings. The lowest BCUT2D eigenvalue weighted by atomic mass is 10.2. The fourth-order valence-corrected chi connectivity index (χ4v) is 2.07. The van der Waals surface area contributed by atoms with Gasteiger partial charge < -0.3 is 18.9 Å². The number of fused-ring (bicyclic) bond motifs is 1. The van der Waals surface area contributed by atoms with Gasteiger partial charge in [0.15, 0.2) is 11.5 Å². The molecule has 0 aromatic heterocycles. The van der Waals surface area contributed by atoms with Crippen molar-refractivity contribution in [1.82, 2.24) is 0 Å². The van der Waals surface area contributed by atoms with Crippen molar-refractivity contribution in [3.63, 3.8) is 0 Å². The van der Waals surface area contributed by atoms with Crippen LogP contribution in [0, 0.1) is 3.57 Å². The molecule has 14 heavy (non-hydrogen) atoms. The zero-order valence-electron chi connectivity index (χ0n) is 7.80. The molecule has 0 unspecified atom stereocenters. The normalized spacial score (nSPS) is 12.8. The van der Waals surface area contributed by atoms with E-state index in [1.807, 2.05) is 6.07 Å². The SMILES string of the molecule is COc1cc(I)c(OC)c2c1OCO2. The summed E-state index contributed by atoms with van der Waals surface area (Å²) >= 11 is 2.16. The molecule has 4 nitrogen and oxygen atoms in total. The molecule has 0 spiro atoms. The molecule has 1 aliphatic rings. The summed E-state index contributed by atoms with van der Waals surface area (Å²) in [6, 6.07) is 1.85. The molecule has 2 rings (SSSR count). The van der Waals surface area contributed by atoms with Gasteiger partial charge in [0.2, 0.25) is 18.3 Å². The Morgan fingerprint density at radius 3 is 2.57 bits per heavy atom. The molecule has 0 bridgehead atoms. The first-order valence-corrected chi connectivity index (χ1v) is 5.06. The second-order valence-electron chi connectivity index (χ2n) is 2.66. The van der Waals surface area contributed by atoms with Crippen molar-refractivity contribution in [3.05, 3.63) is 9.64 Å². The summed E-state index contributed by atoms with van der Waals surface area (Å²) in [4.78, 5) is 0. The zero-order valence-corrected chi connectivity index (χ0v) is 9.95. The van der Waals surface area contributed by atoms with Crippen LogP contribution in [-0.2, 0) is 0 Å². The van der Waals surface area contributed by atoms with Gasteiger partial charge in [-0.25, -0.2) is 0 Å². The Labute approximate surface area is 95.2 Å². The van der Waals surface area contributed by atoms with Gasteiger partial charge in [-0.05, 0) is 22.6 Å². The second kappa shape index (κ2) is 3.72. The molecule has 0 N–H and O–H groups in total. The third-order valence-corrected chi connectivity index (χ3v) is 2.74. The van der Waals surface area contributed by atoms with Crippen LogP contribution in [0.25, 0.3) is 0 Å². The molecule has 0 amide bonds. The Hall–Kier alpha value is -0.850. The first kappa shape index (κ1) is 9.70. The molecular weight excluding hydrogens is 299 g/mol. The summed E-state index contributed by atoms with van der Waals surface area (Å²) in [6.07, 6.45) is 0. The number of ether oxygens (including phenoxy) is 4. The predicted octanol–water partition coefficient (Wildman–Crippen LogP) is 2.04. The minimum Gasteiger partial charge on any atom is -0.493 e. The second-order valence-corrected chi connectivity index (χ2v) is 3.82. The Morgan fingerprint density at radius 2 is 1.93 bits per heavy atom. The van der Waals surface area contributed by atoms with Crippen molar-refractivity contribution < 1.29 is 18.9 Å². The van der Waals surface area contributed by atoms with Crippen LogP contribution in [0.2, 0.25) is 0 Å². The summed E-state index contributed by atoms with van der Waals surface area (Å²) in [5.41, 5.74) is 0. The molecule has 1 aromatic carbocycles. The molecule has 5 heteroatoms. The van der Waals surface area contributed by atoms with E-state index >= 15 is 0 Å². The van der Waals surface area contributed by atoms with Gasteiger partial charge in [0.25, 0.3) is 0 Å². The molecule has 0 aliphatic carbocycles. The molecule has 0 radical (unpaired) electrons. The van der Waals surface area contributed by atoms with Gasteiger partial charge in [-0.2, -0.15) is 0 Å². The van der Waals surface area contributed by atoms with Gasteiger partial charge in [-0.15, -0.1) is 0 Å². The summed E-state index contributed by atoms with van der Waals surface area (Å²) in [7, 11) is 3.20. The summed E-state index contributed by atoms with van der Waals surface area (Å²) in [5.74, 6) is 2.60. The lowest BCUT2D eigenvalue weighted by Gasteiger charge is -2.09. The number of hydrogen-bond acceptors (Lipinski definition) is 4. The molecule has 1 heterocycles. The molecule has 1 aromatic rings. The maximum Gasteiger partial charge on any atom is 0.231 e. The van der Waals surface area contributed by atoms with E-state index in [0.717, 1.165) is 3.57 Å². The van der Waals surface area contributed by atoms with Crippen molar-refractivity contribution in [2.45, 2.75) is 0 Å². The van der Waals surface area contributed by atoms with Crippen LogP contribution in [0.4, 0.5) is 0 Å². The zero-order chi connectivity index (χ0) is 10.1. The van der Waals surface area contributed by atoms with E-state index in [0.29, 0.717) is 23.0 Å². The third kappa shape index (κ3) is 1.35. The van der Waals surface area contributed by atoms with Crippen molar-refractivity contribution >= 4 is 22.6 Å². The van der Waals surface area contributed by atoms with Crippen molar-refractivity contribution in [1.29, 1.82) is 0 Å². The fraction of sp³-hybridized carbons (Fsp3) is 0.333. The lowest BCUT2D eigenvalue weighted by molar-refractivity contribution is 0.168. The number of rotatable bonds is 2. The maximum atomic E-state index is 5.31. The average molecular weight is 308 g/mol. The van der Waals surface area contributed by atoms with Crippen molar-refractivity contribution in [3.8, 4) is 23.0 Å². The van der Waals surface area contributed by atoms with E-state index in [1.165, 1.54) is 0 Å². The summed E-state index contributed by atoms with van der Waals surface area (Å²) in [6.45, 7) is 0.210. The van der Waals surface area contributed by atoms with Crippen LogP contribution >= 0.6 is 22.6 Å². The predicted molar refractivity (Wildman–Crippen MR) is 58.4 cm³/mol. The summed E-state index contributed by atoms with van der Waals surface area (Å²) < 4.78 is 21.9. The van der Waals surface area contributed by atoms with E-state index in [2.05, 4.69) is 22.6 Å². The Bertz CT molecular complexity index is 364. The topological polar surface area (TPSA) is 36.9 Å². The van der Waals surface area contributed by atoms with Gasteiger partial charge >= 0.3 is 0 Å². The van der Waals surface area contributed by atoms with E-state index in [1.54, 1.807) is 14.2 Å².